The molecule has 0 unspecified atom stereocenters. The predicted octanol–water partition coefficient (Wildman–Crippen LogP) is 7.88. The Kier molecular flexibility index (Phi) is 8.09. The van der Waals surface area contributed by atoms with E-state index in [4.69, 9.17) is 0 Å². The van der Waals surface area contributed by atoms with Gasteiger partial charge in [-0.15, -0.1) is 0 Å². The molecule has 0 radical (unpaired) electrons. The molecule has 3 rings (SSSR count). The Morgan fingerprint density at radius 1 is 0.438 bits per heavy atom. The fourth-order valence-electron chi connectivity index (χ4n) is 7.71. The van der Waals surface area contributed by atoms with Gasteiger partial charge in [0, 0.05) is 0 Å². The second-order valence-corrected chi connectivity index (χ2v) is 29.9. The number of benzene rings is 1. The molecule has 0 saturated carbocycles. The summed E-state index contributed by atoms with van der Waals surface area (Å²) in [5.41, 5.74) is 4.85. The van der Waals surface area contributed by atoms with E-state index in [0.29, 0.717) is 29.0 Å². The zero-order valence-electron chi connectivity index (χ0n) is 22.6. The van der Waals surface area contributed by atoms with Crippen LogP contribution in [0.5, 0.6) is 0 Å². The van der Waals surface area contributed by atoms with Gasteiger partial charge in [0.05, 0.1) is 0 Å². The standard InChI is InChI=1S/C28H46Se2Si2/c1-17(2)31(18(3)4,19(5)6)27-15-23-13-26-24(14-25(23)29-27)16-28(30-26)32(20(7)8,21(9)10)22(11)12/h13-22H,1-12H3. The van der Waals surface area contributed by atoms with E-state index in [2.05, 4.69) is 107 Å². The normalized spacial score (nSPS) is 14.1. The summed E-state index contributed by atoms with van der Waals surface area (Å²) in [4.78, 5) is 0. The summed E-state index contributed by atoms with van der Waals surface area (Å²) >= 11 is 1.03. The molecule has 2 aromatic heterocycles. The fourth-order valence-corrected chi connectivity index (χ4v) is 36.1. The topological polar surface area (TPSA) is 0 Å². The Hall–Kier alpha value is 0.173. The average Bonchev–Trinajstić information content (AvgIpc) is 3.21. The molecular formula is C28H46Se2Si2. The molecule has 0 fully saturated rings. The summed E-state index contributed by atoms with van der Waals surface area (Å²) in [5.74, 6) is 0. The van der Waals surface area contributed by atoms with E-state index in [1.165, 1.54) is 0 Å². The second kappa shape index (κ2) is 9.67. The number of hydrogen-bond donors (Lipinski definition) is 0. The first kappa shape index (κ1) is 26.8. The van der Waals surface area contributed by atoms with E-state index in [0.717, 1.165) is 33.2 Å². The van der Waals surface area contributed by atoms with Gasteiger partial charge in [-0.2, -0.15) is 0 Å². The molecule has 1 aromatic carbocycles. The number of fused-ring (bicyclic) bond motifs is 2. The van der Waals surface area contributed by atoms with Crippen molar-refractivity contribution in [2.75, 3.05) is 0 Å². The molecule has 32 heavy (non-hydrogen) atoms. The minimum atomic E-state index is -1.52. The van der Waals surface area contributed by atoms with Gasteiger partial charge in [0.1, 0.15) is 0 Å². The maximum absolute atomic E-state index is 2.69. The van der Waals surface area contributed by atoms with E-state index in [1.807, 2.05) is 8.12 Å². The minimum absolute atomic E-state index is 0.516. The van der Waals surface area contributed by atoms with E-state index in [9.17, 15) is 0 Å². The Morgan fingerprint density at radius 2 is 0.688 bits per heavy atom. The van der Waals surface area contributed by atoms with Crippen molar-refractivity contribution in [1.82, 2.24) is 0 Å². The van der Waals surface area contributed by atoms with Crippen LogP contribution in [0.4, 0.5) is 0 Å². The molecular weight excluding hydrogens is 550 g/mol. The first-order chi connectivity index (χ1) is 14.8. The zero-order chi connectivity index (χ0) is 24.2. The summed E-state index contributed by atoms with van der Waals surface area (Å²) < 4.78 is 7.11. The van der Waals surface area contributed by atoms with Crippen LogP contribution in [0.3, 0.4) is 0 Å². The predicted molar refractivity (Wildman–Crippen MR) is 157 cm³/mol. The summed E-state index contributed by atoms with van der Waals surface area (Å²) in [5, 5.41) is 3.17. The Balaban J connectivity index is 2.22. The van der Waals surface area contributed by atoms with Crippen molar-refractivity contribution in [3.05, 3.63) is 24.3 Å². The van der Waals surface area contributed by atoms with Gasteiger partial charge in [0.15, 0.2) is 0 Å². The molecule has 2 heterocycles. The van der Waals surface area contributed by atoms with Crippen molar-refractivity contribution in [2.45, 2.75) is 116 Å². The van der Waals surface area contributed by atoms with E-state index < -0.39 is 16.1 Å². The van der Waals surface area contributed by atoms with Crippen LogP contribution in [-0.4, -0.2) is 45.2 Å². The van der Waals surface area contributed by atoms with Gasteiger partial charge in [-0.3, -0.25) is 0 Å². The van der Waals surface area contributed by atoms with Gasteiger partial charge >= 0.3 is 213 Å². The second-order valence-electron chi connectivity index (χ2n) is 11.9. The summed E-state index contributed by atoms with van der Waals surface area (Å²) in [6.07, 6.45) is 0. The molecule has 0 atom stereocenters. The summed E-state index contributed by atoms with van der Waals surface area (Å²) in [6, 6.07) is 10.6. The Bertz CT molecular complexity index is 890. The molecule has 0 saturated heterocycles. The van der Waals surface area contributed by atoms with Crippen molar-refractivity contribution in [2.24, 2.45) is 0 Å². The molecule has 0 nitrogen and oxygen atoms in total. The third kappa shape index (κ3) is 3.99. The van der Waals surface area contributed by atoms with E-state index >= 15 is 0 Å². The van der Waals surface area contributed by atoms with Gasteiger partial charge in [-0.05, 0) is 0 Å². The van der Waals surface area contributed by atoms with Crippen molar-refractivity contribution < 1.29 is 0 Å². The van der Waals surface area contributed by atoms with Crippen LogP contribution in [-0.2, 0) is 0 Å². The van der Waals surface area contributed by atoms with Crippen molar-refractivity contribution in [1.29, 1.82) is 0 Å². The molecule has 3 aromatic rings. The Labute approximate surface area is 212 Å². The van der Waals surface area contributed by atoms with E-state index in [-0.39, 0.29) is 0 Å². The van der Waals surface area contributed by atoms with Gasteiger partial charge in [-0.1, -0.05) is 0 Å². The van der Waals surface area contributed by atoms with Crippen LogP contribution in [0.25, 0.3) is 19.3 Å². The molecule has 0 aliphatic rings. The van der Waals surface area contributed by atoms with Crippen molar-refractivity contribution in [3.63, 3.8) is 0 Å². The van der Waals surface area contributed by atoms with Gasteiger partial charge in [0.2, 0.25) is 0 Å². The average molecular weight is 597 g/mol. The van der Waals surface area contributed by atoms with Crippen molar-refractivity contribution in [3.8, 4) is 0 Å². The maximum atomic E-state index is 2.69. The molecule has 0 aliphatic carbocycles. The monoisotopic (exact) mass is 598 g/mol. The van der Waals surface area contributed by atoms with E-state index in [1.54, 1.807) is 19.3 Å². The number of hydrogen-bond acceptors (Lipinski definition) is 0. The molecule has 0 amide bonds. The van der Waals surface area contributed by atoms with Crippen LogP contribution >= 0.6 is 0 Å². The van der Waals surface area contributed by atoms with Crippen LogP contribution in [0, 0.1) is 0 Å². The van der Waals surface area contributed by atoms with Crippen LogP contribution in [0.15, 0.2) is 24.3 Å². The number of rotatable bonds is 8. The SMILES string of the molecule is CC(C)[Si](c1cc2cc3[se]c([Si](C(C)C)(C(C)C)C(C)C)cc3cc2[se]1)(C(C)C)C(C)C. The first-order valence-corrected chi connectivity index (χ1v) is 20.7. The Morgan fingerprint density at radius 3 is 0.906 bits per heavy atom. The first-order valence-electron chi connectivity index (χ1n) is 12.8. The fraction of sp³-hybridized carbons (Fsp3) is 0.643. The van der Waals surface area contributed by atoms with Gasteiger partial charge in [-0.25, -0.2) is 0 Å². The molecule has 0 bridgehead atoms. The van der Waals surface area contributed by atoms with Crippen LogP contribution in [0.1, 0.15) is 83.1 Å². The zero-order valence-corrected chi connectivity index (χ0v) is 28.0. The third-order valence-electron chi connectivity index (χ3n) is 8.74. The van der Waals surface area contributed by atoms with Crippen molar-refractivity contribution >= 4 is 72.6 Å². The third-order valence-corrected chi connectivity index (χ3v) is 31.5. The molecule has 4 heteroatoms. The van der Waals surface area contributed by atoms with Gasteiger partial charge in [0.25, 0.3) is 0 Å². The molecule has 0 aliphatic heterocycles. The quantitative estimate of drug-likeness (QED) is 0.232. The molecule has 0 N–H and O–H groups in total. The summed E-state index contributed by atoms with van der Waals surface area (Å²) in [6.45, 7) is 30.1. The van der Waals surface area contributed by atoms with Crippen LogP contribution in [0.2, 0.25) is 33.2 Å². The molecule has 0 spiro atoms. The summed E-state index contributed by atoms with van der Waals surface area (Å²) in [7, 11) is -3.04. The van der Waals surface area contributed by atoms with Crippen LogP contribution < -0.4 is 8.12 Å². The van der Waals surface area contributed by atoms with Gasteiger partial charge < -0.3 is 0 Å². The molecule has 178 valence electrons.